The number of esters is 1. The number of allylic oxidation sites excluding steroid dienone is 2. The Labute approximate surface area is 103 Å². The molecule has 1 atom stereocenters. The van der Waals surface area contributed by atoms with Gasteiger partial charge in [-0.2, -0.15) is 0 Å². The highest BCUT2D eigenvalue weighted by molar-refractivity contribution is 7.11. The number of aromatic nitrogens is 1. The van der Waals surface area contributed by atoms with Crippen molar-refractivity contribution in [1.29, 1.82) is 0 Å². The van der Waals surface area contributed by atoms with E-state index in [4.69, 9.17) is 0 Å². The van der Waals surface area contributed by atoms with Crippen LogP contribution in [-0.4, -0.2) is 23.8 Å². The van der Waals surface area contributed by atoms with Gasteiger partial charge in [-0.05, 0) is 31.4 Å². The summed E-state index contributed by atoms with van der Waals surface area (Å²) in [5.74, 6) is -1.23. The average Bonchev–Trinajstić information content (AvgIpc) is 2.74. The second-order valence-corrected chi connectivity index (χ2v) is 4.81. The van der Waals surface area contributed by atoms with Crippen molar-refractivity contribution in [2.24, 2.45) is 5.92 Å². The van der Waals surface area contributed by atoms with E-state index in [1.807, 2.05) is 6.92 Å². The Bertz CT molecular complexity index is 490. The molecular formula is C12H13NO3S. The van der Waals surface area contributed by atoms with Crippen molar-refractivity contribution in [3.05, 3.63) is 22.2 Å². The molecule has 0 fully saturated rings. The first kappa shape index (κ1) is 12.0. The van der Waals surface area contributed by atoms with Crippen molar-refractivity contribution >= 4 is 28.7 Å². The van der Waals surface area contributed by atoms with Gasteiger partial charge >= 0.3 is 5.97 Å². The molecular weight excluding hydrogens is 238 g/mol. The van der Waals surface area contributed by atoms with Gasteiger partial charge in [0, 0.05) is 0 Å². The first-order chi connectivity index (χ1) is 8.13. The number of rotatable bonds is 2. The van der Waals surface area contributed by atoms with Crippen LogP contribution in [0.1, 0.15) is 23.4 Å². The van der Waals surface area contributed by atoms with Gasteiger partial charge < -0.3 is 4.74 Å². The standard InChI is InChI=1S/C12H13NO3S/c1-7-11(17-6-13-7)8-3-4-9(10(14)5-8)12(15)16-2/h5-6,9H,3-4H2,1-2H3. The van der Waals surface area contributed by atoms with Gasteiger partial charge in [0.05, 0.1) is 23.2 Å². The van der Waals surface area contributed by atoms with E-state index >= 15 is 0 Å². The minimum absolute atomic E-state index is 0.161. The third kappa shape index (κ3) is 2.29. The number of hydrogen-bond acceptors (Lipinski definition) is 5. The van der Waals surface area contributed by atoms with Crippen LogP contribution in [-0.2, 0) is 14.3 Å². The first-order valence-electron chi connectivity index (χ1n) is 5.36. The molecule has 90 valence electrons. The Kier molecular flexibility index (Phi) is 3.38. The van der Waals surface area contributed by atoms with Crippen LogP contribution in [0.5, 0.6) is 0 Å². The van der Waals surface area contributed by atoms with Crippen LogP contribution < -0.4 is 0 Å². The minimum Gasteiger partial charge on any atom is -0.468 e. The molecule has 0 saturated carbocycles. The van der Waals surface area contributed by atoms with Crippen molar-refractivity contribution in [3.63, 3.8) is 0 Å². The topological polar surface area (TPSA) is 56.3 Å². The Morgan fingerprint density at radius 3 is 2.88 bits per heavy atom. The van der Waals surface area contributed by atoms with Crippen LogP contribution in [0.4, 0.5) is 0 Å². The Morgan fingerprint density at radius 2 is 2.35 bits per heavy atom. The number of ketones is 1. The van der Waals surface area contributed by atoms with E-state index in [2.05, 4.69) is 9.72 Å². The van der Waals surface area contributed by atoms with Gasteiger partial charge in [0.25, 0.3) is 0 Å². The number of hydrogen-bond donors (Lipinski definition) is 0. The van der Waals surface area contributed by atoms with Crippen LogP contribution in [0.3, 0.4) is 0 Å². The number of aryl methyl sites for hydroxylation is 1. The van der Waals surface area contributed by atoms with Gasteiger partial charge in [-0.25, -0.2) is 4.98 Å². The lowest BCUT2D eigenvalue weighted by molar-refractivity contribution is -0.148. The summed E-state index contributed by atoms with van der Waals surface area (Å²) < 4.78 is 4.61. The van der Waals surface area contributed by atoms with Crippen LogP contribution in [0.15, 0.2) is 11.6 Å². The largest absolute Gasteiger partial charge is 0.468 e. The summed E-state index contributed by atoms with van der Waals surface area (Å²) in [6, 6.07) is 0. The second kappa shape index (κ2) is 4.79. The van der Waals surface area contributed by atoms with E-state index in [1.54, 1.807) is 11.6 Å². The molecule has 0 saturated heterocycles. The fraction of sp³-hybridized carbons (Fsp3) is 0.417. The number of methoxy groups -OCH3 is 1. The first-order valence-corrected chi connectivity index (χ1v) is 6.24. The molecule has 0 bridgehead atoms. The summed E-state index contributed by atoms with van der Waals surface area (Å²) in [6.45, 7) is 1.92. The van der Waals surface area contributed by atoms with Crippen molar-refractivity contribution in [1.82, 2.24) is 4.98 Å². The monoisotopic (exact) mass is 251 g/mol. The van der Waals surface area contributed by atoms with Gasteiger partial charge in [-0.15, -0.1) is 11.3 Å². The van der Waals surface area contributed by atoms with E-state index < -0.39 is 11.9 Å². The van der Waals surface area contributed by atoms with Gasteiger partial charge in [0.2, 0.25) is 0 Å². The van der Waals surface area contributed by atoms with E-state index in [0.717, 1.165) is 16.1 Å². The summed E-state index contributed by atoms with van der Waals surface area (Å²) in [4.78, 5) is 28.4. The Balaban J connectivity index is 2.23. The zero-order valence-electron chi connectivity index (χ0n) is 9.73. The lowest BCUT2D eigenvalue weighted by atomic mass is 9.87. The Morgan fingerprint density at radius 1 is 1.59 bits per heavy atom. The summed E-state index contributed by atoms with van der Waals surface area (Å²) in [6.07, 6.45) is 2.80. The Hall–Kier alpha value is -1.49. The van der Waals surface area contributed by atoms with Gasteiger partial charge in [0.1, 0.15) is 5.92 Å². The fourth-order valence-corrected chi connectivity index (χ4v) is 2.80. The fourth-order valence-electron chi connectivity index (χ4n) is 1.95. The molecule has 1 aromatic rings. The van der Waals surface area contributed by atoms with Crippen LogP contribution >= 0.6 is 11.3 Å². The average molecular weight is 251 g/mol. The predicted molar refractivity (Wildman–Crippen MR) is 64.6 cm³/mol. The van der Waals surface area contributed by atoms with Crippen LogP contribution in [0.25, 0.3) is 5.57 Å². The van der Waals surface area contributed by atoms with Crippen molar-refractivity contribution < 1.29 is 14.3 Å². The van der Waals surface area contributed by atoms with Gasteiger partial charge in [-0.3, -0.25) is 9.59 Å². The molecule has 0 aliphatic heterocycles. The molecule has 0 spiro atoms. The molecule has 1 aromatic heterocycles. The zero-order chi connectivity index (χ0) is 12.4. The molecule has 0 N–H and O–H groups in total. The number of thiazole rings is 1. The van der Waals surface area contributed by atoms with Crippen molar-refractivity contribution in [2.75, 3.05) is 7.11 Å². The highest BCUT2D eigenvalue weighted by atomic mass is 32.1. The predicted octanol–water partition coefficient (Wildman–Crippen LogP) is 1.99. The molecule has 1 heterocycles. The summed E-state index contributed by atoms with van der Waals surface area (Å²) >= 11 is 1.53. The molecule has 4 nitrogen and oxygen atoms in total. The van der Waals surface area contributed by atoms with Crippen molar-refractivity contribution in [3.8, 4) is 0 Å². The third-order valence-electron chi connectivity index (χ3n) is 2.89. The van der Waals surface area contributed by atoms with Crippen molar-refractivity contribution in [2.45, 2.75) is 19.8 Å². The molecule has 17 heavy (non-hydrogen) atoms. The van der Waals surface area contributed by atoms with E-state index in [9.17, 15) is 9.59 Å². The smallest absolute Gasteiger partial charge is 0.316 e. The maximum Gasteiger partial charge on any atom is 0.316 e. The number of carbonyl (C=O) groups is 2. The molecule has 5 heteroatoms. The van der Waals surface area contributed by atoms with E-state index in [1.165, 1.54) is 18.4 Å². The molecule has 1 unspecified atom stereocenters. The SMILES string of the molecule is COC(=O)C1CCC(c2scnc2C)=CC1=O. The highest BCUT2D eigenvalue weighted by Crippen LogP contribution is 2.32. The molecule has 0 radical (unpaired) electrons. The maximum absolute atomic E-state index is 11.8. The maximum atomic E-state index is 11.8. The lowest BCUT2D eigenvalue weighted by Gasteiger charge is -2.18. The molecule has 0 aromatic carbocycles. The third-order valence-corrected chi connectivity index (χ3v) is 3.89. The summed E-state index contributed by atoms with van der Waals surface area (Å²) in [5, 5.41) is 0. The molecule has 2 rings (SSSR count). The van der Waals surface area contributed by atoms with Gasteiger partial charge in [-0.1, -0.05) is 0 Å². The van der Waals surface area contributed by atoms with Gasteiger partial charge in [0.15, 0.2) is 5.78 Å². The summed E-state index contributed by atoms with van der Waals surface area (Å²) in [5.41, 5.74) is 3.68. The van der Waals surface area contributed by atoms with Crippen LogP contribution in [0, 0.1) is 12.8 Å². The normalized spacial score (nSPS) is 20.0. The minimum atomic E-state index is -0.628. The summed E-state index contributed by atoms with van der Waals surface area (Å²) in [7, 11) is 1.31. The number of carbonyl (C=O) groups excluding carboxylic acids is 2. The van der Waals surface area contributed by atoms with Crippen LogP contribution in [0.2, 0.25) is 0 Å². The van der Waals surface area contributed by atoms with E-state index in [0.29, 0.717) is 12.8 Å². The second-order valence-electron chi connectivity index (χ2n) is 3.95. The highest BCUT2D eigenvalue weighted by Gasteiger charge is 2.30. The number of ether oxygens (including phenoxy) is 1. The zero-order valence-corrected chi connectivity index (χ0v) is 10.5. The molecule has 1 aliphatic carbocycles. The lowest BCUT2D eigenvalue weighted by Crippen LogP contribution is -2.26. The molecule has 0 amide bonds. The van der Waals surface area contributed by atoms with E-state index in [-0.39, 0.29) is 5.78 Å². The quantitative estimate of drug-likeness (QED) is 0.596. The molecule has 1 aliphatic rings. The number of nitrogens with zero attached hydrogens (tertiary/aromatic N) is 1.